The summed E-state index contributed by atoms with van der Waals surface area (Å²) in [5.74, 6) is 0.0504. The van der Waals surface area contributed by atoms with E-state index in [0.29, 0.717) is 23.7 Å². The molecule has 0 bridgehead atoms. The third-order valence-electron chi connectivity index (χ3n) is 4.97. The van der Waals surface area contributed by atoms with Gasteiger partial charge in [0.1, 0.15) is 5.76 Å². The van der Waals surface area contributed by atoms with Gasteiger partial charge >= 0.3 is 5.82 Å². The molecule has 0 aliphatic heterocycles. The summed E-state index contributed by atoms with van der Waals surface area (Å²) >= 11 is 0. The van der Waals surface area contributed by atoms with Crippen LogP contribution in [0.3, 0.4) is 0 Å². The first kappa shape index (κ1) is 21.0. The van der Waals surface area contributed by atoms with Gasteiger partial charge in [-0.15, -0.1) is 0 Å². The Morgan fingerprint density at radius 2 is 1.97 bits per heavy atom. The Hall–Kier alpha value is -4.28. The summed E-state index contributed by atoms with van der Waals surface area (Å²) in [6.45, 7) is 6.29. The molecule has 11 heteroatoms. The molecule has 0 aliphatic carbocycles. The molecule has 0 spiro atoms. The number of hydrogen-bond acceptors (Lipinski definition) is 7. The third kappa shape index (κ3) is 4.41. The maximum absolute atomic E-state index is 12.9. The fourth-order valence-electron chi connectivity index (χ4n) is 3.34. The Kier molecular flexibility index (Phi) is 5.54. The lowest BCUT2D eigenvalue weighted by Crippen LogP contribution is -2.16. The molecular weight excluding hydrogens is 414 g/mol. The zero-order valence-corrected chi connectivity index (χ0v) is 17.8. The standard InChI is InChI=1S/C21H21N7O4/c1-13-5-4-6-16(9-13)11-27-14(2)10-18(23-27)22-21(29)20-17(15(3)32-25-20)12-26-8-7-19(24-26)28(30)31/h4-10H,11-12H2,1-3H3,(H,22,23,29). The highest BCUT2D eigenvalue weighted by Gasteiger charge is 2.23. The van der Waals surface area contributed by atoms with E-state index in [0.717, 1.165) is 16.8 Å². The van der Waals surface area contributed by atoms with Gasteiger partial charge in [0.15, 0.2) is 11.5 Å². The first-order chi connectivity index (χ1) is 15.3. The summed E-state index contributed by atoms with van der Waals surface area (Å²) in [5, 5.41) is 25.8. The average Bonchev–Trinajstić information content (AvgIpc) is 3.43. The van der Waals surface area contributed by atoms with Gasteiger partial charge in [0, 0.05) is 11.8 Å². The van der Waals surface area contributed by atoms with Crippen LogP contribution in [0.25, 0.3) is 0 Å². The minimum Gasteiger partial charge on any atom is -0.361 e. The van der Waals surface area contributed by atoms with Crippen molar-refractivity contribution in [3.63, 3.8) is 0 Å². The first-order valence-corrected chi connectivity index (χ1v) is 9.84. The fraction of sp³-hybridized carbons (Fsp3) is 0.238. The van der Waals surface area contributed by atoms with Crippen molar-refractivity contribution >= 4 is 17.5 Å². The fourth-order valence-corrected chi connectivity index (χ4v) is 3.34. The van der Waals surface area contributed by atoms with Crippen molar-refractivity contribution in [1.82, 2.24) is 24.7 Å². The number of aromatic nitrogens is 5. The van der Waals surface area contributed by atoms with Gasteiger partial charge in [0.2, 0.25) is 0 Å². The number of hydrogen-bond donors (Lipinski definition) is 1. The highest BCUT2D eigenvalue weighted by atomic mass is 16.6. The van der Waals surface area contributed by atoms with Gasteiger partial charge in [0.05, 0.1) is 36.0 Å². The summed E-state index contributed by atoms with van der Waals surface area (Å²) in [7, 11) is 0. The van der Waals surface area contributed by atoms with E-state index in [9.17, 15) is 14.9 Å². The van der Waals surface area contributed by atoms with Crippen LogP contribution < -0.4 is 5.32 Å². The molecule has 0 fully saturated rings. The van der Waals surface area contributed by atoms with Crippen molar-refractivity contribution in [2.24, 2.45) is 0 Å². The molecule has 4 aromatic rings. The lowest BCUT2D eigenvalue weighted by atomic mass is 10.1. The predicted octanol–water partition coefficient (Wildman–Crippen LogP) is 3.25. The number of aryl methyl sites for hydroxylation is 3. The van der Waals surface area contributed by atoms with Gasteiger partial charge in [-0.1, -0.05) is 35.0 Å². The van der Waals surface area contributed by atoms with Crippen molar-refractivity contribution in [1.29, 1.82) is 0 Å². The predicted molar refractivity (Wildman–Crippen MR) is 114 cm³/mol. The van der Waals surface area contributed by atoms with Crippen molar-refractivity contribution in [3.8, 4) is 0 Å². The number of nitro groups is 1. The minimum absolute atomic E-state index is 0.0755. The molecule has 4 rings (SSSR count). The Bertz CT molecular complexity index is 1300. The van der Waals surface area contributed by atoms with Gasteiger partial charge in [-0.25, -0.2) is 0 Å². The summed E-state index contributed by atoms with van der Waals surface area (Å²) in [6.07, 6.45) is 1.46. The van der Waals surface area contributed by atoms with E-state index < -0.39 is 10.8 Å². The summed E-state index contributed by atoms with van der Waals surface area (Å²) in [4.78, 5) is 23.1. The van der Waals surface area contributed by atoms with Crippen LogP contribution in [-0.4, -0.2) is 35.5 Å². The molecule has 164 valence electrons. The number of amides is 1. The van der Waals surface area contributed by atoms with E-state index in [2.05, 4.69) is 26.7 Å². The SMILES string of the molecule is Cc1cccc(Cn2nc(NC(=O)c3noc(C)c3Cn3ccc([N+](=O)[O-])n3)cc2C)c1. The average molecular weight is 435 g/mol. The quantitative estimate of drug-likeness (QED) is 0.348. The Morgan fingerprint density at radius 3 is 2.69 bits per heavy atom. The van der Waals surface area contributed by atoms with Crippen LogP contribution in [-0.2, 0) is 13.1 Å². The lowest BCUT2D eigenvalue weighted by molar-refractivity contribution is -0.389. The summed E-state index contributed by atoms with van der Waals surface area (Å²) in [5.41, 5.74) is 3.72. The molecule has 11 nitrogen and oxygen atoms in total. The maximum atomic E-state index is 12.9. The normalized spacial score (nSPS) is 11.0. The number of nitrogens with zero attached hydrogens (tertiary/aromatic N) is 6. The Labute approximate surface area is 182 Å². The Morgan fingerprint density at radius 1 is 1.16 bits per heavy atom. The highest BCUT2D eigenvalue weighted by Crippen LogP contribution is 2.19. The first-order valence-electron chi connectivity index (χ1n) is 9.84. The van der Waals surface area contributed by atoms with E-state index in [1.165, 1.54) is 16.9 Å². The lowest BCUT2D eigenvalue weighted by Gasteiger charge is -2.05. The molecule has 3 heterocycles. The number of rotatable bonds is 7. The second kappa shape index (κ2) is 8.46. The number of anilines is 1. The largest absolute Gasteiger partial charge is 0.389 e. The Balaban J connectivity index is 1.50. The van der Waals surface area contributed by atoms with E-state index in [-0.39, 0.29) is 18.1 Å². The molecule has 1 N–H and O–H groups in total. The molecule has 0 unspecified atom stereocenters. The number of carbonyl (C=O) groups is 1. The smallest absolute Gasteiger partial charge is 0.361 e. The van der Waals surface area contributed by atoms with E-state index in [1.807, 2.05) is 36.7 Å². The van der Waals surface area contributed by atoms with Crippen LogP contribution in [0.4, 0.5) is 11.6 Å². The number of carbonyl (C=O) groups excluding carboxylic acids is 1. The van der Waals surface area contributed by atoms with Crippen LogP contribution >= 0.6 is 0 Å². The van der Waals surface area contributed by atoms with Crippen LogP contribution in [0.5, 0.6) is 0 Å². The topological polar surface area (TPSA) is 134 Å². The van der Waals surface area contributed by atoms with Crippen molar-refractivity contribution in [2.45, 2.75) is 33.9 Å². The van der Waals surface area contributed by atoms with Crippen LogP contribution in [0.2, 0.25) is 0 Å². The minimum atomic E-state index is -0.583. The maximum Gasteiger partial charge on any atom is 0.389 e. The van der Waals surface area contributed by atoms with Crippen LogP contribution in [0.15, 0.2) is 47.1 Å². The van der Waals surface area contributed by atoms with Crippen molar-refractivity contribution < 1.29 is 14.2 Å². The molecule has 0 atom stereocenters. The summed E-state index contributed by atoms with van der Waals surface area (Å²) < 4.78 is 8.35. The van der Waals surface area contributed by atoms with E-state index in [4.69, 9.17) is 4.52 Å². The second-order valence-electron chi connectivity index (χ2n) is 7.47. The van der Waals surface area contributed by atoms with Crippen molar-refractivity contribution in [2.75, 3.05) is 5.32 Å². The zero-order valence-electron chi connectivity index (χ0n) is 17.8. The zero-order chi connectivity index (χ0) is 22.8. The van der Waals surface area contributed by atoms with Gasteiger partial charge in [-0.2, -0.15) is 9.78 Å². The van der Waals surface area contributed by atoms with Gasteiger partial charge in [0.25, 0.3) is 5.91 Å². The van der Waals surface area contributed by atoms with Crippen LogP contribution in [0.1, 0.15) is 38.6 Å². The van der Waals surface area contributed by atoms with Crippen molar-refractivity contribution in [3.05, 3.63) is 86.5 Å². The van der Waals surface area contributed by atoms with E-state index in [1.54, 1.807) is 13.0 Å². The molecule has 1 amide bonds. The second-order valence-corrected chi connectivity index (χ2v) is 7.47. The summed E-state index contributed by atoms with van der Waals surface area (Å²) in [6, 6.07) is 11.2. The molecule has 32 heavy (non-hydrogen) atoms. The molecule has 0 radical (unpaired) electrons. The molecule has 0 aliphatic rings. The van der Waals surface area contributed by atoms with Gasteiger partial charge < -0.3 is 20.0 Å². The molecular formula is C21H21N7O4. The monoisotopic (exact) mass is 435 g/mol. The molecule has 0 saturated heterocycles. The molecule has 0 saturated carbocycles. The number of nitrogens with one attached hydrogen (secondary N) is 1. The number of benzene rings is 1. The van der Waals surface area contributed by atoms with Gasteiger partial charge in [-0.3, -0.25) is 9.48 Å². The van der Waals surface area contributed by atoms with E-state index >= 15 is 0 Å². The highest BCUT2D eigenvalue weighted by molar-refractivity contribution is 6.03. The third-order valence-corrected chi connectivity index (χ3v) is 4.97. The molecule has 1 aromatic carbocycles. The molecule has 3 aromatic heterocycles. The van der Waals surface area contributed by atoms with Gasteiger partial charge in [-0.05, 0) is 31.3 Å². The van der Waals surface area contributed by atoms with Crippen LogP contribution in [0, 0.1) is 30.9 Å².